The molecule has 0 aromatic heterocycles. The smallest absolute Gasteiger partial charge is 0.343 e. The van der Waals surface area contributed by atoms with Crippen molar-refractivity contribution in [2.24, 2.45) is 11.8 Å². The van der Waals surface area contributed by atoms with Crippen LogP contribution >= 0.6 is 12.4 Å². The summed E-state index contributed by atoms with van der Waals surface area (Å²) in [6, 6.07) is 11.2. The molecule has 0 aliphatic rings. The molecule has 0 saturated carbocycles. The van der Waals surface area contributed by atoms with Crippen LogP contribution in [0.2, 0.25) is 0 Å². The van der Waals surface area contributed by atoms with Crippen LogP contribution in [-0.2, 0) is 16.0 Å². The van der Waals surface area contributed by atoms with E-state index >= 15 is 0 Å². The van der Waals surface area contributed by atoms with E-state index in [0.717, 1.165) is 18.5 Å². The van der Waals surface area contributed by atoms with Gasteiger partial charge in [-0.1, -0.05) is 33.8 Å². The molecule has 2 aromatic carbocycles. The average molecular weight is 464 g/mol. The van der Waals surface area contributed by atoms with E-state index < -0.39 is 11.9 Å². The molecule has 2 rings (SSSR count). The number of hydrogen-bond acceptors (Lipinski definition) is 7. The minimum atomic E-state index is -0.619. The lowest BCUT2D eigenvalue weighted by atomic mass is 10.1. The minimum absolute atomic E-state index is 0. The molecule has 0 amide bonds. The zero-order valence-corrected chi connectivity index (χ0v) is 19.8. The molecule has 32 heavy (non-hydrogen) atoms. The van der Waals surface area contributed by atoms with Crippen molar-refractivity contribution in [1.29, 1.82) is 0 Å². The molecule has 0 radical (unpaired) electrons. The Bertz CT molecular complexity index is 925. The third-order valence-electron chi connectivity index (χ3n) is 4.34. The van der Waals surface area contributed by atoms with Gasteiger partial charge in [0.1, 0.15) is 5.75 Å². The maximum absolute atomic E-state index is 12.6. The number of esters is 3. The van der Waals surface area contributed by atoms with Crippen LogP contribution in [0.5, 0.6) is 17.2 Å². The molecule has 0 spiro atoms. The van der Waals surface area contributed by atoms with E-state index in [1.165, 1.54) is 24.3 Å². The number of likely N-dealkylation sites (N-methyl/N-ethyl adjacent to an activating group) is 1. The van der Waals surface area contributed by atoms with Crippen molar-refractivity contribution < 1.29 is 28.6 Å². The highest BCUT2D eigenvalue weighted by atomic mass is 35.5. The molecular formula is C24H30ClNO6. The summed E-state index contributed by atoms with van der Waals surface area (Å²) < 4.78 is 16.2. The predicted octanol–water partition coefficient (Wildman–Crippen LogP) is 4.21. The zero-order chi connectivity index (χ0) is 23.0. The van der Waals surface area contributed by atoms with E-state index in [9.17, 15) is 14.4 Å². The first-order chi connectivity index (χ1) is 14.7. The molecule has 0 fully saturated rings. The van der Waals surface area contributed by atoms with Crippen molar-refractivity contribution in [1.82, 2.24) is 5.32 Å². The Labute approximate surface area is 194 Å². The second-order valence-electron chi connectivity index (χ2n) is 7.70. The van der Waals surface area contributed by atoms with Crippen molar-refractivity contribution in [2.75, 3.05) is 13.6 Å². The van der Waals surface area contributed by atoms with Crippen molar-refractivity contribution in [3.63, 3.8) is 0 Å². The van der Waals surface area contributed by atoms with Gasteiger partial charge in [0, 0.05) is 0 Å². The molecule has 174 valence electrons. The fraction of sp³-hybridized carbons (Fsp3) is 0.375. The Morgan fingerprint density at radius 2 is 1.41 bits per heavy atom. The van der Waals surface area contributed by atoms with Gasteiger partial charge in [0.05, 0.1) is 17.4 Å². The first-order valence-corrected chi connectivity index (χ1v) is 10.2. The van der Waals surface area contributed by atoms with Gasteiger partial charge in [0.15, 0.2) is 11.5 Å². The van der Waals surface area contributed by atoms with Crippen molar-refractivity contribution in [3.8, 4) is 17.2 Å². The zero-order valence-electron chi connectivity index (χ0n) is 19.0. The Hall–Kier alpha value is -2.90. The number of carbonyl (C=O) groups is 3. The van der Waals surface area contributed by atoms with Gasteiger partial charge >= 0.3 is 17.9 Å². The number of carbonyl (C=O) groups excluding carboxylic acids is 3. The maximum Gasteiger partial charge on any atom is 0.343 e. The van der Waals surface area contributed by atoms with Crippen molar-refractivity contribution in [3.05, 3.63) is 53.6 Å². The SMILES string of the molecule is CNCCc1ccc(OC(=O)c2ccc(OC(=O)C(C)C)cc2)c(OC(=O)C(C)C)c1.Cl. The molecule has 2 aromatic rings. The van der Waals surface area contributed by atoms with Crippen LogP contribution in [0.3, 0.4) is 0 Å². The van der Waals surface area contributed by atoms with Crippen molar-refractivity contribution in [2.45, 2.75) is 34.1 Å². The van der Waals surface area contributed by atoms with Crippen LogP contribution in [0.25, 0.3) is 0 Å². The summed E-state index contributed by atoms with van der Waals surface area (Å²) in [4.78, 5) is 36.4. The molecule has 0 aliphatic carbocycles. The van der Waals surface area contributed by atoms with Gasteiger partial charge in [-0.05, 0) is 62.0 Å². The highest BCUT2D eigenvalue weighted by Crippen LogP contribution is 2.30. The summed E-state index contributed by atoms with van der Waals surface area (Å²) in [6.45, 7) is 7.69. The molecule has 7 nitrogen and oxygen atoms in total. The summed E-state index contributed by atoms with van der Waals surface area (Å²) in [6.07, 6.45) is 0.730. The Kier molecular flexibility index (Phi) is 10.9. The second-order valence-corrected chi connectivity index (χ2v) is 7.70. The van der Waals surface area contributed by atoms with Crippen molar-refractivity contribution >= 4 is 30.3 Å². The average Bonchev–Trinajstić information content (AvgIpc) is 2.74. The summed E-state index contributed by atoms with van der Waals surface area (Å²) in [5.74, 6) is -1.28. The molecule has 0 saturated heterocycles. The third-order valence-corrected chi connectivity index (χ3v) is 4.34. The third kappa shape index (κ3) is 7.98. The van der Waals surface area contributed by atoms with E-state index in [-0.39, 0.29) is 47.3 Å². The molecule has 0 bridgehead atoms. The molecule has 8 heteroatoms. The van der Waals surface area contributed by atoms with Crippen LogP contribution in [0.4, 0.5) is 0 Å². The number of ether oxygens (including phenoxy) is 3. The van der Waals surface area contributed by atoms with Gasteiger partial charge in [-0.2, -0.15) is 0 Å². The van der Waals surface area contributed by atoms with Gasteiger partial charge in [-0.15, -0.1) is 12.4 Å². The number of benzene rings is 2. The number of hydrogen-bond donors (Lipinski definition) is 1. The quantitative estimate of drug-likeness (QED) is 0.440. The van der Waals surface area contributed by atoms with Crippen LogP contribution in [-0.4, -0.2) is 31.5 Å². The van der Waals surface area contributed by atoms with E-state index in [1.807, 2.05) is 13.1 Å². The van der Waals surface area contributed by atoms with E-state index in [4.69, 9.17) is 14.2 Å². The summed E-state index contributed by atoms with van der Waals surface area (Å²) in [5.41, 5.74) is 1.21. The van der Waals surface area contributed by atoms with E-state index in [1.54, 1.807) is 39.8 Å². The molecule has 0 unspecified atom stereocenters. The maximum atomic E-state index is 12.6. The monoisotopic (exact) mass is 463 g/mol. The molecule has 1 N–H and O–H groups in total. The minimum Gasteiger partial charge on any atom is -0.426 e. The van der Waals surface area contributed by atoms with Crippen LogP contribution in [0, 0.1) is 11.8 Å². The standard InChI is InChI=1S/C24H29NO6.ClH/c1-15(2)22(26)29-19-9-7-18(8-10-19)24(28)30-20-11-6-17(12-13-25-5)14-21(20)31-23(27)16(3)4;/h6-11,14-16,25H,12-13H2,1-5H3;1H. The Morgan fingerprint density at radius 1 is 0.812 bits per heavy atom. The van der Waals surface area contributed by atoms with Gasteiger partial charge < -0.3 is 19.5 Å². The van der Waals surface area contributed by atoms with Gasteiger partial charge in [0.2, 0.25) is 0 Å². The Morgan fingerprint density at radius 3 is 1.97 bits per heavy atom. The molecular weight excluding hydrogens is 434 g/mol. The largest absolute Gasteiger partial charge is 0.426 e. The highest BCUT2D eigenvalue weighted by molar-refractivity contribution is 5.91. The van der Waals surface area contributed by atoms with Crippen LogP contribution in [0.15, 0.2) is 42.5 Å². The second kappa shape index (κ2) is 12.8. The summed E-state index contributed by atoms with van der Waals surface area (Å²) in [5, 5.41) is 3.06. The number of halogens is 1. The molecule has 0 atom stereocenters. The molecule has 0 heterocycles. The van der Waals surface area contributed by atoms with Gasteiger partial charge in [0.25, 0.3) is 0 Å². The summed E-state index contributed by atoms with van der Waals surface area (Å²) >= 11 is 0. The number of nitrogens with one attached hydrogen (secondary N) is 1. The van der Waals surface area contributed by atoms with E-state index in [0.29, 0.717) is 5.75 Å². The summed E-state index contributed by atoms with van der Waals surface area (Å²) in [7, 11) is 1.85. The first-order valence-electron chi connectivity index (χ1n) is 10.2. The Balaban J connectivity index is 0.00000512. The van der Waals surface area contributed by atoms with E-state index in [2.05, 4.69) is 5.32 Å². The number of rotatable bonds is 9. The van der Waals surface area contributed by atoms with Gasteiger partial charge in [-0.3, -0.25) is 9.59 Å². The lowest BCUT2D eigenvalue weighted by Crippen LogP contribution is -2.17. The predicted molar refractivity (Wildman–Crippen MR) is 124 cm³/mol. The fourth-order valence-electron chi connectivity index (χ4n) is 2.42. The molecule has 0 aliphatic heterocycles. The van der Waals surface area contributed by atoms with Crippen LogP contribution < -0.4 is 19.5 Å². The highest BCUT2D eigenvalue weighted by Gasteiger charge is 2.18. The fourth-order valence-corrected chi connectivity index (χ4v) is 2.42. The lowest BCUT2D eigenvalue weighted by Gasteiger charge is -2.14. The lowest BCUT2D eigenvalue weighted by molar-refractivity contribution is -0.138. The van der Waals surface area contributed by atoms with Crippen LogP contribution in [0.1, 0.15) is 43.6 Å². The first kappa shape index (κ1) is 27.1. The normalized spacial score (nSPS) is 10.5. The van der Waals surface area contributed by atoms with Gasteiger partial charge in [-0.25, -0.2) is 4.79 Å². The topological polar surface area (TPSA) is 90.9 Å².